The largest absolute Gasteiger partial charge is 0.508 e. The van der Waals surface area contributed by atoms with E-state index in [1.165, 1.54) is 29.2 Å². The molecule has 2 N–H and O–H groups in total. The van der Waals surface area contributed by atoms with E-state index in [1.54, 1.807) is 18.7 Å². The van der Waals surface area contributed by atoms with Crippen molar-refractivity contribution >= 4 is 21.6 Å². The number of piperidine rings is 1. The zero-order valence-corrected chi connectivity index (χ0v) is 21.9. The molecule has 2 heterocycles. The summed E-state index contributed by atoms with van der Waals surface area (Å²) >= 11 is 0. The molecule has 1 fully saturated rings. The zero-order chi connectivity index (χ0) is 25.6. The van der Waals surface area contributed by atoms with Crippen LogP contribution in [0.4, 0.5) is 5.69 Å². The van der Waals surface area contributed by atoms with Gasteiger partial charge < -0.3 is 20.2 Å². The number of aryl methyl sites for hydroxylation is 2. The summed E-state index contributed by atoms with van der Waals surface area (Å²) in [5, 5.41) is 12.8. The molecular formula is C25H37N5O4S. The van der Waals surface area contributed by atoms with E-state index < -0.39 is 10.0 Å². The monoisotopic (exact) mass is 503 g/mol. The molecule has 0 aliphatic carbocycles. The van der Waals surface area contributed by atoms with Crippen molar-refractivity contribution in [1.29, 1.82) is 0 Å². The van der Waals surface area contributed by atoms with Crippen molar-refractivity contribution in [1.82, 2.24) is 19.5 Å². The normalized spacial score (nSPS) is 14.9. The van der Waals surface area contributed by atoms with E-state index in [0.29, 0.717) is 23.6 Å². The highest BCUT2D eigenvalue weighted by molar-refractivity contribution is 7.89. The van der Waals surface area contributed by atoms with Crippen LogP contribution in [0.2, 0.25) is 0 Å². The first-order valence-electron chi connectivity index (χ1n) is 12.0. The van der Waals surface area contributed by atoms with E-state index in [1.807, 2.05) is 31.6 Å². The van der Waals surface area contributed by atoms with Gasteiger partial charge in [0.15, 0.2) is 0 Å². The number of likely N-dealkylation sites (N-methyl/N-ethyl adjacent to an activating group) is 2. The van der Waals surface area contributed by atoms with Gasteiger partial charge in [0.2, 0.25) is 15.9 Å². The number of hydrogen-bond donors (Lipinski definition) is 2. The fraction of sp³-hybridized carbons (Fsp3) is 0.520. The number of aromatic nitrogens is 1. The number of carbonyl (C=O) groups excluding carboxylic acids is 1. The molecule has 0 unspecified atom stereocenters. The maximum absolute atomic E-state index is 13.0. The first-order valence-corrected chi connectivity index (χ1v) is 13.4. The van der Waals surface area contributed by atoms with Crippen molar-refractivity contribution in [2.75, 3.05) is 58.3 Å². The molecule has 0 spiro atoms. The minimum absolute atomic E-state index is 0.00250. The Morgan fingerprint density at radius 1 is 1.14 bits per heavy atom. The fourth-order valence-electron chi connectivity index (χ4n) is 4.59. The summed E-state index contributed by atoms with van der Waals surface area (Å²) in [6.07, 6.45) is 5.69. The molecule has 0 bridgehead atoms. The van der Waals surface area contributed by atoms with Crippen LogP contribution in [0.1, 0.15) is 24.0 Å². The number of nitrogens with zero attached hydrogens (tertiary/aromatic N) is 4. The van der Waals surface area contributed by atoms with Gasteiger partial charge in [-0.15, -0.1) is 0 Å². The number of pyridine rings is 1. The molecule has 9 nitrogen and oxygen atoms in total. The summed E-state index contributed by atoms with van der Waals surface area (Å²) in [6, 6.07) is 6.95. The Hall–Kier alpha value is -2.69. The molecule has 1 aromatic heterocycles. The Kier molecular flexibility index (Phi) is 9.09. The highest BCUT2D eigenvalue weighted by Gasteiger charge is 2.25. The number of carbonyl (C=O) groups is 1. The van der Waals surface area contributed by atoms with E-state index >= 15 is 0 Å². The Morgan fingerprint density at radius 3 is 2.34 bits per heavy atom. The number of sulfonamides is 1. The second kappa shape index (κ2) is 11.8. The highest BCUT2D eigenvalue weighted by Crippen LogP contribution is 2.27. The van der Waals surface area contributed by atoms with E-state index in [9.17, 15) is 18.3 Å². The summed E-state index contributed by atoms with van der Waals surface area (Å²) < 4.78 is 27.3. The predicted octanol–water partition coefficient (Wildman–Crippen LogP) is 1.99. The number of rotatable bonds is 10. The topological polar surface area (TPSA) is 106 Å². The van der Waals surface area contributed by atoms with E-state index in [-0.39, 0.29) is 29.6 Å². The lowest BCUT2D eigenvalue weighted by Crippen LogP contribution is -2.43. The van der Waals surface area contributed by atoms with Crippen LogP contribution in [0, 0.1) is 19.8 Å². The van der Waals surface area contributed by atoms with Gasteiger partial charge in [-0.2, -0.15) is 4.31 Å². The minimum atomic E-state index is -3.70. The number of aromatic hydroxyl groups is 1. The fourth-order valence-corrected chi connectivity index (χ4v) is 6.17. The van der Waals surface area contributed by atoms with Crippen LogP contribution in [-0.4, -0.2) is 87.0 Å². The van der Waals surface area contributed by atoms with Gasteiger partial charge in [0.05, 0.1) is 11.4 Å². The Balaban J connectivity index is 1.40. The molecular weight excluding hydrogens is 466 g/mol. The Labute approximate surface area is 208 Å². The second-order valence-electron chi connectivity index (χ2n) is 9.32. The van der Waals surface area contributed by atoms with E-state index in [2.05, 4.69) is 15.2 Å². The average Bonchev–Trinajstić information content (AvgIpc) is 2.81. The van der Waals surface area contributed by atoms with Gasteiger partial charge >= 0.3 is 0 Å². The lowest BCUT2D eigenvalue weighted by atomic mass is 9.96. The van der Waals surface area contributed by atoms with Gasteiger partial charge in [-0.25, -0.2) is 8.42 Å². The Morgan fingerprint density at radius 2 is 1.74 bits per heavy atom. The van der Waals surface area contributed by atoms with Crippen molar-refractivity contribution in [2.24, 2.45) is 5.92 Å². The van der Waals surface area contributed by atoms with Crippen molar-refractivity contribution in [3.63, 3.8) is 0 Å². The van der Waals surface area contributed by atoms with Crippen LogP contribution in [0.3, 0.4) is 0 Å². The molecule has 1 aromatic carbocycles. The predicted molar refractivity (Wildman–Crippen MR) is 137 cm³/mol. The van der Waals surface area contributed by atoms with Crippen LogP contribution >= 0.6 is 0 Å². The third-order valence-corrected chi connectivity index (χ3v) is 8.76. The number of phenols is 1. The number of benzene rings is 1. The van der Waals surface area contributed by atoms with Gasteiger partial charge in [0, 0.05) is 64.9 Å². The molecule has 1 saturated heterocycles. The van der Waals surface area contributed by atoms with Crippen LogP contribution in [0.25, 0.3) is 0 Å². The third-order valence-electron chi connectivity index (χ3n) is 6.59. The van der Waals surface area contributed by atoms with Gasteiger partial charge in [-0.1, -0.05) is 0 Å². The average molecular weight is 504 g/mol. The van der Waals surface area contributed by atoms with Gasteiger partial charge in [-0.05, 0) is 68.0 Å². The van der Waals surface area contributed by atoms with Crippen LogP contribution < -0.4 is 10.2 Å². The molecule has 35 heavy (non-hydrogen) atoms. The zero-order valence-electron chi connectivity index (χ0n) is 21.1. The molecule has 0 radical (unpaired) electrons. The third kappa shape index (κ3) is 6.93. The molecule has 192 valence electrons. The molecule has 2 aromatic rings. The van der Waals surface area contributed by atoms with Crippen molar-refractivity contribution in [3.8, 4) is 5.75 Å². The van der Waals surface area contributed by atoms with Crippen molar-refractivity contribution < 1.29 is 18.3 Å². The number of anilines is 1. The molecule has 1 aliphatic rings. The maximum Gasteiger partial charge on any atom is 0.243 e. The minimum Gasteiger partial charge on any atom is -0.508 e. The highest BCUT2D eigenvalue weighted by atomic mass is 32.2. The molecule has 1 amide bonds. The lowest BCUT2D eigenvalue weighted by Gasteiger charge is -2.35. The molecule has 0 saturated carbocycles. The first-order chi connectivity index (χ1) is 16.6. The summed E-state index contributed by atoms with van der Waals surface area (Å²) in [4.78, 5) is 21.0. The number of nitrogens with one attached hydrogen (secondary N) is 1. The first kappa shape index (κ1) is 26.9. The van der Waals surface area contributed by atoms with Crippen molar-refractivity contribution in [3.05, 3.63) is 47.8 Å². The number of phenolic OH excluding ortho intramolecular Hbond substituents is 1. The summed E-state index contributed by atoms with van der Waals surface area (Å²) in [6.45, 7) is 6.75. The van der Waals surface area contributed by atoms with Crippen LogP contribution in [0.15, 0.2) is 41.6 Å². The van der Waals surface area contributed by atoms with Gasteiger partial charge in [0.25, 0.3) is 0 Å². The Bertz CT molecular complexity index is 1080. The maximum atomic E-state index is 13.0. The van der Waals surface area contributed by atoms with E-state index in [0.717, 1.165) is 32.5 Å². The second-order valence-corrected chi connectivity index (χ2v) is 11.3. The van der Waals surface area contributed by atoms with Crippen molar-refractivity contribution in [2.45, 2.75) is 31.6 Å². The standard InChI is InChI=1S/C25H37N5O4S/c1-19-15-23(31)16-20(2)25(19)35(33,34)29(4)14-11-27-17-24(32)28(3)18-21-7-12-30(13-8-21)22-5-9-26-10-6-22/h5-6,9-10,15-16,21,27,31H,7-8,11-14,17-18H2,1-4H3. The molecule has 10 heteroatoms. The number of hydrogen-bond acceptors (Lipinski definition) is 7. The molecule has 0 atom stereocenters. The van der Waals surface area contributed by atoms with Crippen LogP contribution in [-0.2, 0) is 14.8 Å². The van der Waals surface area contributed by atoms with E-state index in [4.69, 9.17) is 0 Å². The summed E-state index contributed by atoms with van der Waals surface area (Å²) in [5.41, 5.74) is 2.20. The number of amides is 1. The summed E-state index contributed by atoms with van der Waals surface area (Å²) in [5.74, 6) is 0.512. The summed E-state index contributed by atoms with van der Waals surface area (Å²) in [7, 11) is -0.350. The molecule has 3 rings (SSSR count). The van der Waals surface area contributed by atoms with Crippen LogP contribution in [0.5, 0.6) is 5.75 Å². The smallest absolute Gasteiger partial charge is 0.243 e. The molecule has 1 aliphatic heterocycles. The quantitative estimate of drug-likeness (QED) is 0.478. The van der Waals surface area contributed by atoms with Gasteiger partial charge in [-0.3, -0.25) is 9.78 Å². The lowest BCUT2D eigenvalue weighted by molar-refractivity contribution is -0.129. The van der Waals surface area contributed by atoms with Gasteiger partial charge in [0.1, 0.15) is 5.75 Å². The SMILES string of the molecule is Cc1cc(O)cc(C)c1S(=O)(=O)N(C)CCNCC(=O)N(C)CC1CCN(c2ccncc2)CC1.